The second-order valence-corrected chi connectivity index (χ2v) is 5.65. The van der Waals surface area contributed by atoms with Crippen LogP contribution in [0.5, 0.6) is 0 Å². The van der Waals surface area contributed by atoms with Crippen LogP contribution < -0.4 is 5.32 Å². The van der Waals surface area contributed by atoms with Crippen molar-refractivity contribution in [2.45, 2.75) is 38.6 Å². The SMILES string of the molecule is CC(C)(C(=O)N1CCNCC1)N1CCCCC1. The van der Waals surface area contributed by atoms with Crippen LogP contribution >= 0.6 is 0 Å². The Morgan fingerprint density at radius 1 is 1.00 bits per heavy atom. The van der Waals surface area contributed by atoms with Crippen molar-refractivity contribution in [1.82, 2.24) is 15.1 Å². The number of carbonyl (C=O) groups excluding carboxylic acids is 1. The lowest BCUT2D eigenvalue weighted by Crippen LogP contribution is -2.60. The third-order valence-corrected chi connectivity index (χ3v) is 4.07. The molecule has 0 aliphatic carbocycles. The van der Waals surface area contributed by atoms with Crippen molar-refractivity contribution in [2.75, 3.05) is 39.3 Å². The van der Waals surface area contributed by atoms with Gasteiger partial charge in [0.1, 0.15) is 0 Å². The molecule has 2 fully saturated rings. The topological polar surface area (TPSA) is 35.6 Å². The summed E-state index contributed by atoms with van der Waals surface area (Å²) in [6, 6.07) is 0. The molecule has 1 N–H and O–H groups in total. The summed E-state index contributed by atoms with van der Waals surface area (Å²) in [5.74, 6) is 0.306. The molecule has 0 aromatic rings. The Balaban J connectivity index is 1.99. The second-order valence-electron chi connectivity index (χ2n) is 5.65. The van der Waals surface area contributed by atoms with Gasteiger partial charge in [0.05, 0.1) is 5.54 Å². The summed E-state index contributed by atoms with van der Waals surface area (Å²) >= 11 is 0. The molecule has 0 bridgehead atoms. The number of rotatable bonds is 2. The highest BCUT2D eigenvalue weighted by atomic mass is 16.2. The molecule has 0 spiro atoms. The quantitative estimate of drug-likeness (QED) is 0.770. The van der Waals surface area contributed by atoms with Crippen molar-refractivity contribution < 1.29 is 4.79 Å². The normalized spacial score (nSPS) is 23.8. The Morgan fingerprint density at radius 2 is 1.59 bits per heavy atom. The van der Waals surface area contributed by atoms with E-state index in [0.29, 0.717) is 5.91 Å². The van der Waals surface area contributed by atoms with Gasteiger partial charge in [-0.25, -0.2) is 0 Å². The Morgan fingerprint density at radius 3 is 2.18 bits per heavy atom. The van der Waals surface area contributed by atoms with Gasteiger partial charge in [-0.15, -0.1) is 0 Å². The summed E-state index contributed by atoms with van der Waals surface area (Å²) in [6.45, 7) is 9.90. The van der Waals surface area contributed by atoms with Crippen LogP contribution in [-0.4, -0.2) is 60.5 Å². The number of likely N-dealkylation sites (tertiary alicyclic amines) is 1. The van der Waals surface area contributed by atoms with E-state index in [1.807, 2.05) is 4.90 Å². The standard InChI is InChI=1S/C13H25N3O/c1-13(2,16-8-4-3-5-9-16)12(17)15-10-6-14-7-11-15/h14H,3-11H2,1-2H3. The summed E-state index contributed by atoms with van der Waals surface area (Å²) in [4.78, 5) is 17.0. The molecule has 0 saturated carbocycles. The predicted octanol–water partition coefficient (Wildman–Crippen LogP) is 0.683. The summed E-state index contributed by atoms with van der Waals surface area (Å²) in [6.07, 6.45) is 3.78. The largest absolute Gasteiger partial charge is 0.339 e. The first-order valence-electron chi connectivity index (χ1n) is 6.87. The lowest BCUT2D eigenvalue weighted by Gasteiger charge is -2.43. The molecule has 0 aromatic heterocycles. The monoisotopic (exact) mass is 239 g/mol. The van der Waals surface area contributed by atoms with Gasteiger partial charge in [-0.2, -0.15) is 0 Å². The third kappa shape index (κ3) is 2.80. The molecule has 4 nitrogen and oxygen atoms in total. The molecule has 0 aromatic carbocycles. The van der Waals surface area contributed by atoms with E-state index in [4.69, 9.17) is 0 Å². The average Bonchev–Trinajstić information content (AvgIpc) is 2.40. The van der Waals surface area contributed by atoms with Crippen LogP contribution in [0.15, 0.2) is 0 Å². The first-order valence-corrected chi connectivity index (χ1v) is 6.87. The van der Waals surface area contributed by atoms with Gasteiger partial charge in [0.25, 0.3) is 0 Å². The summed E-state index contributed by atoms with van der Waals surface area (Å²) in [7, 11) is 0. The maximum absolute atomic E-state index is 12.6. The fraction of sp³-hybridized carbons (Fsp3) is 0.923. The molecule has 2 aliphatic heterocycles. The van der Waals surface area contributed by atoms with Gasteiger partial charge in [0, 0.05) is 26.2 Å². The number of hydrogen-bond donors (Lipinski definition) is 1. The molecule has 0 atom stereocenters. The second kappa shape index (κ2) is 5.36. The maximum atomic E-state index is 12.6. The van der Waals surface area contributed by atoms with Gasteiger partial charge >= 0.3 is 0 Å². The highest BCUT2D eigenvalue weighted by molar-refractivity contribution is 5.85. The minimum atomic E-state index is -0.322. The van der Waals surface area contributed by atoms with Crippen molar-refractivity contribution in [3.63, 3.8) is 0 Å². The lowest BCUT2D eigenvalue weighted by atomic mass is 9.96. The van der Waals surface area contributed by atoms with E-state index in [1.165, 1.54) is 19.3 Å². The number of nitrogens with one attached hydrogen (secondary N) is 1. The van der Waals surface area contributed by atoms with Gasteiger partial charge in [-0.05, 0) is 39.8 Å². The Hall–Kier alpha value is -0.610. The highest BCUT2D eigenvalue weighted by Crippen LogP contribution is 2.22. The van der Waals surface area contributed by atoms with Crippen molar-refractivity contribution >= 4 is 5.91 Å². The zero-order chi connectivity index (χ0) is 12.3. The molecular weight excluding hydrogens is 214 g/mol. The first kappa shape index (κ1) is 12.8. The van der Waals surface area contributed by atoms with Crippen molar-refractivity contribution in [1.29, 1.82) is 0 Å². The molecular formula is C13H25N3O. The molecule has 2 saturated heterocycles. The fourth-order valence-electron chi connectivity index (χ4n) is 2.84. The number of amides is 1. The van der Waals surface area contributed by atoms with E-state index in [0.717, 1.165) is 39.3 Å². The van der Waals surface area contributed by atoms with Crippen LogP contribution in [0, 0.1) is 0 Å². The maximum Gasteiger partial charge on any atom is 0.242 e. The van der Waals surface area contributed by atoms with E-state index >= 15 is 0 Å². The minimum Gasteiger partial charge on any atom is -0.339 e. The van der Waals surface area contributed by atoms with Gasteiger partial charge in [0.2, 0.25) is 5.91 Å². The van der Waals surface area contributed by atoms with Crippen molar-refractivity contribution in [2.24, 2.45) is 0 Å². The Kier molecular flexibility index (Phi) is 4.05. The Bertz CT molecular complexity index is 266. The van der Waals surface area contributed by atoms with E-state index in [1.54, 1.807) is 0 Å². The number of piperazine rings is 1. The molecule has 0 unspecified atom stereocenters. The predicted molar refractivity (Wildman–Crippen MR) is 69.0 cm³/mol. The molecule has 4 heteroatoms. The molecule has 2 aliphatic rings. The smallest absolute Gasteiger partial charge is 0.242 e. The zero-order valence-corrected chi connectivity index (χ0v) is 11.2. The molecule has 2 heterocycles. The number of piperidine rings is 1. The van der Waals surface area contributed by atoms with Gasteiger partial charge in [-0.3, -0.25) is 9.69 Å². The van der Waals surface area contributed by atoms with Crippen molar-refractivity contribution in [3.05, 3.63) is 0 Å². The van der Waals surface area contributed by atoms with E-state index in [-0.39, 0.29) is 5.54 Å². The van der Waals surface area contributed by atoms with E-state index in [9.17, 15) is 4.79 Å². The first-order chi connectivity index (χ1) is 8.12. The van der Waals surface area contributed by atoms with Crippen LogP contribution in [0.1, 0.15) is 33.1 Å². The summed E-state index contributed by atoms with van der Waals surface area (Å²) < 4.78 is 0. The van der Waals surface area contributed by atoms with Crippen molar-refractivity contribution in [3.8, 4) is 0 Å². The molecule has 17 heavy (non-hydrogen) atoms. The summed E-state index contributed by atoms with van der Waals surface area (Å²) in [5.41, 5.74) is -0.322. The lowest BCUT2D eigenvalue weighted by molar-refractivity contribution is -0.144. The Labute approximate surface area is 104 Å². The summed E-state index contributed by atoms with van der Waals surface area (Å²) in [5, 5.41) is 3.29. The van der Waals surface area contributed by atoms with Crippen LogP contribution in [0.3, 0.4) is 0 Å². The minimum absolute atomic E-state index is 0.306. The zero-order valence-electron chi connectivity index (χ0n) is 11.2. The molecule has 98 valence electrons. The third-order valence-electron chi connectivity index (χ3n) is 4.07. The highest BCUT2D eigenvalue weighted by Gasteiger charge is 2.38. The van der Waals surface area contributed by atoms with Crippen LogP contribution in [0.2, 0.25) is 0 Å². The van der Waals surface area contributed by atoms with Gasteiger partial charge in [-0.1, -0.05) is 6.42 Å². The van der Waals surface area contributed by atoms with E-state index < -0.39 is 0 Å². The fourth-order valence-corrected chi connectivity index (χ4v) is 2.84. The van der Waals surface area contributed by atoms with Gasteiger partial charge in [0.15, 0.2) is 0 Å². The van der Waals surface area contributed by atoms with Crippen LogP contribution in [0.25, 0.3) is 0 Å². The van der Waals surface area contributed by atoms with Crippen LogP contribution in [0.4, 0.5) is 0 Å². The molecule has 0 radical (unpaired) electrons. The van der Waals surface area contributed by atoms with Crippen LogP contribution in [-0.2, 0) is 4.79 Å². The molecule has 2 rings (SSSR count). The number of nitrogens with zero attached hydrogens (tertiary/aromatic N) is 2. The average molecular weight is 239 g/mol. The van der Waals surface area contributed by atoms with Gasteiger partial charge < -0.3 is 10.2 Å². The number of carbonyl (C=O) groups is 1. The molecule has 1 amide bonds. The number of hydrogen-bond acceptors (Lipinski definition) is 3. The van der Waals surface area contributed by atoms with E-state index in [2.05, 4.69) is 24.1 Å².